The van der Waals surface area contributed by atoms with E-state index in [0.29, 0.717) is 11.1 Å². The molecule has 7 nitrogen and oxygen atoms in total. The molecule has 0 spiro atoms. The van der Waals surface area contributed by atoms with Crippen molar-refractivity contribution in [3.05, 3.63) is 51.8 Å². The number of aromatic nitrogens is 2. The Morgan fingerprint density at radius 3 is 2.57 bits per heavy atom. The first-order valence-electron chi connectivity index (χ1n) is 5.78. The molecule has 21 heavy (non-hydrogen) atoms. The van der Waals surface area contributed by atoms with Gasteiger partial charge in [0.2, 0.25) is 0 Å². The van der Waals surface area contributed by atoms with Gasteiger partial charge in [-0.2, -0.15) is 5.10 Å². The van der Waals surface area contributed by atoms with Crippen molar-refractivity contribution in [2.24, 2.45) is 5.73 Å². The van der Waals surface area contributed by atoms with Crippen LogP contribution in [0.4, 0.5) is 5.82 Å². The quantitative estimate of drug-likeness (QED) is 0.705. The van der Waals surface area contributed by atoms with Gasteiger partial charge in [0.1, 0.15) is 4.99 Å². The number of H-pyrrole nitrogens is 1. The van der Waals surface area contributed by atoms with E-state index < -0.39 is 15.6 Å². The van der Waals surface area contributed by atoms with Gasteiger partial charge >= 0.3 is 0 Å². The lowest BCUT2D eigenvalue weighted by Crippen LogP contribution is -2.18. The lowest BCUT2D eigenvalue weighted by atomic mass is 10.1. The molecule has 0 fully saturated rings. The fraction of sp³-hybridized carbons (Fsp3) is 0.0833. The van der Waals surface area contributed by atoms with Crippen LogP contribution < -0.4 is 16.0 Å². The smallest absolute Gasteiger partial charge is 0.264 e. The van der Waals surface area contributed by atoms with Gasteiger partial charge < -0.3 is 5.73 Å². The number of hydrogen-bond acceptors (Lipinski definition) is 5. The third kappa shape index (κ3) is 3.44. The Labute approximate surface area is 126 Å². The second-order valence-electron chi connectivity index (χ2n) is 4.26. The monoisotopic (exact) mass is 324 g/mol. The lowest BCUT2D eigenvalue weighted by molar-refractivity contribution is 0.600. The van der Waals surface area contributed by atoms with Gasteiger partial charge in [-0.3, -0.25) is 9.52 Å². The molecule has 9 heteroatoms. The molecule has 0 bridgehead atoms. The van der Waals surface area contributed by atoms with Crippen LogP contribution in [0.25, 0.3) is 0 Å². The highest BCUT2D eigenvalue weighted by molar-refractivity contribution is 7.92. The number of nitrogens with zero attached hydrogens (tertiary/aromatic N) is 1. The number of nitrogens with one attached hydrogen (secondary N) is 2. The summed E-state index contributed by atoms with van der Waals surface area (Å²) < 4.78 is 26.8. The van der Waals surface area contributed by atoms with Crippen LogP contribution in [0, 0.1) is 6.92 Å². The minimum atomic E-state index is -3.82. The van der Waals surface area contributed by atoms with Gasteiger partial charge in [0, 0.05) is 11.6 Å². The van der Waals surface area contributed by atoms with Crippen LogP contribution in [-0.2, 0) is 10.0 Å². The highest BCUT2D eigenvalue weighted by Gasteiger charge is 2.18. The zero-order chi connectivity index (χ0) is 15.6. The van der Waals surface area contributed by atoms with Gasteiger partial charge in [-0.05, 0) is 30.7 Å². The third-order valence-corrected chi connectivity index (χ3v) is 4.42. The van der Waals surface area contributed by atoms with Gasteiger partial charge in [-0.25, -0.2) is 13.5 Å². The summed E-state index contributed by atoms with van der Waals surface area (Å²) in [5, 5.41) is 5.74. The van der Waals surface area contributed by atoms with Crippen LogP contribution in [0.3, 0.4) is 0 Å². The fourth-order valence-corrected chi connectivity index (χ4v) is 3.05. The molecule has 2 rings (SSSR count). The van der Waals surface area contributed by atoms with Crippen molar-refractivity contribution in [1.82, 2.24) is 10.2 Å². The molecular weight excluding hydrogens is 312 g/mol. The van der Waals surface area contributed by atoms with Crippen molar-refractivity contribution in [1.29, 1.82) is 0 Å². The number of hydrogen-bond donors (Lipinski definition) is 3. The summed E-state index contributed by atoms with van der Waals surface area (Å²) in [6.07, 6.45) is 0. The molecule has 110 valence electrons. The predicted molar refractivity (Wildman–Crippen MR) is 82.7 cm³/mol. The van der Waals surface area contributed by atoms with Gasteiger partial charge in [0.05, 0.1) is 4.90 Å². The van der Waals surface area contributed by atoms with Crippen LogP contribution in [0.2, 0.25) is 0 Å². The average Bonchev–Trinajstić information content (AvgIpc) is 2.40. The SMILES string of the molecule is Cc1cc(C(N)=S)ccc1S(=O)(=O)Nc1ccc(=O)[nH]n1. The van der Waals surface area contributed by atoms with Crippen molar-refractivity contribution in [3.63, 3.8) is 0 Å². The molecule has 0 unspecified atom stereocenters. The van der Waals surface area contributed by atoms with E-state index in [1.165, 1.54) is 24.3 Å². The Bertz CT molecular complexity index is 839. The maximum Gasteiger partial charge on any atom is 0.264 e. The van der Waals surface area contributed by atoms with Crippen molar-refractivity contribution in [3.8, 4) is 0 Å². The van der Waals surface area contributed by atoms with Crippen LogP contribution in [0.15, 0.2) is 40.0 Å². The Balaban J connectivity index is 2.37. The molecule has 0 radical (unpaired) electrons. The number of aryl methyl sites for hydroxylation is 1. The molecule has 0 aliphatic heterocycles. The molecule has 0 saturated carbocycles. The summed E-state index contributed by atoms with van der Waals surface area (Å²) >= 11 is 4.84. The molecule has 2 aromatic rings. The molecule has 4 N–H and O–H groups in total. The zero-order valence-corrected chi connectivity index (χ0v) is 12.6. The van der Waals surface area contributed by atoms with Crippen LogP contribution in [0.1, 0.15) is 11.1 Å². The Kier molecular flexibility index (Phi) is 4.05. The first-order chi connectivity index (χ1) is 9.79. The van der Waals surface area contributed by atoms with Crippen LogP contribution >= 0.6 is 12.2 Å². The second-order valence-corrected chi connectivity index (χ2v) is 6.35. The van der Waals surface area contributed by atoms with Gasteiger partial charge in [0.15, 0.2) is 5.82 Å². The van der Waals surface area contributed by atoms with Gasteiger partial charge in [-0.1, -0.05) is 18.3 Å². The highest BCUT2D eigenvalue weighted by Crippen LogP contribution is 2.19. The largest absolute Gasteiger partial charge is 0.389 e. The molecule has 1 heterocycles. The normalized spacial score (nSPS) is 11.1. The van der Waals surface area contributed by atoms with Crippen molar-refractivity contribution in [2.75, 3.05) is 4.72 Å². The minimum Gasteiger partial charge on any atom is -0.389 e. The highest BCUT2D eigenvalue weighted by atomic mass is 32.2. The van der Waals surface area contributed by atoms with E-state index in [4.69, 9.17) is 18.0 Å². The standard InChI is InChI=1S/C12H12N4O3S2/c1-7-6-8(12(13)20)2-3-9(7)21(18,19)16-10-4-5-11(17)15-14-10/h2-6H,1H3,(H2,13,20)(H,14,16)(H,15,17). The molecule has 1 aromatic heterocycles. The number of anilines is 1. The molecule has 1 aromatic carbocycles. The van der Waals surface area contributed by atoms with Crippen molar-refractivity contribution < 1.29 is 8.42 Å². The van der Waals surface area contributed by atoms with Gasteiger partial charge in [-0.15, -0.1) is 0 Å². The van der Waals surface area contributed by atoms with E-state index in [1.54, 1.807) is 13.0 Å². The van der Waals surface area contributed by atoms with E-state index in [0.717, 1.165) is 0 Å². The fourth-order valence-electron chi connectivity index (χ4n) is 1.70. The maximum absolute atomic E-state index is 12.3. The third-order valence-electron chi connectivity index (χ3n) is 2.67. The Morgan fingerprint density at radius 1 is 1.33 bits per heavy atom. The first-order valence-corrected chi connectivity index (χ1v) is 7.68. The summed E-state index contributed by atoms with van der Waals surface area (Å²) in [6.45, 7) is 1.64. The summed E-state index contributed by atoms with van der Waals surface area (Å²) in [4.78, 5) is 11.2. The Hall–Kier alpha value is -2.26. The molecule has 0 atom stereocenters. The van der Waals surface area contributed by atoms with Crippen molar-refractivity contribution >= 4 is 33.0 Å². The zero-order valence-electron chi connectivity index (χ0n) is 11.0. The van der Waals surface area contributed by atoms with Gasteiger partial charge in [0.25, 0.3) is 15.6 Å². The summed E-state index contributed by atoms with van der Waals surface area (Å²) in [7, 11) is -3.82. The summed E-state index contributed by atoms with van der Waals surface area (Å²) in [5.74, 6) is 0.0208. The number of sulfonamides is 1. The average molecular weight is 324 g/mol. The van der Waals surface area contributed by atoms with Crippen LogP contribution in [0.5, 0.6) is 0 Å². The van der Waals surface area contributed by atoms with E-state index in [9.17, 15) is 13.2 Å². The lowest BCUT2D eigenvalue weighted by Gasteiger charge is -2.10. The van der Waals surface area contributed by atoms with Crippen molar-refractivity contribution in [2.45, 2.75) is 11.8 Å². The molecule has 0 amide bonds. The molecule has 0 aliphatic carbocycles. The summed E-state index contributed by atoms with van der Waals surface area (Å²) in [5.41, 5.74) is 6.16. The molecule has 0 aliphatic rings. The van der Waals surface area contributed by atoms with E-state index in [-0.39, 0.29) is 15.7 Å². The first kappa shape index (κ1) is 15.1. The number of rotatable bonds is 4. The predicted octanol–water partition coefficient (Wildman–Crippen LogP) is 0.513. The van der Waals surface area contributed by atoms with E-state index >= 15 is 0 Å². The van der Waals surface area contributed by atoms with E-state index in [2.05, 4.69) is 14.9 Å². The van der Waals surface area contributed by atoms with Crippen LogP contribution in [-0.4, -0.2) is 23.6 Å². The second kappa shape index (κ2) is 5.62. The number of thiocarbonyl (C=S) groups is 1. The maximum atomic E-state index is 12.3. The minimum absolute atomic E-state index is 0.0208. The topological polar surface area (TPSA) is 118 Å². The summed E-state index contributed by atoms with van der Waals surface area (Å²) in [6, 6.07) is 6.99. The van der Waals surface area contributed by atoms with E-state index in [1.807, 2.05) is 0 Å². The molecular formula is C12H12N4O3S2. The number of benzene rings is 1. The number of aromatic amines is 1. The molecule has 0 saturated heterocycles. The number of nitrogens with two attached hydrogens (primary N) is 1. The Morgan fingerprint density at radius 2 is 2.05 bits per heavy atom.